The number of piperidine rings is 1. The molecule has 4 heteroatoms. The maximum Gasteiger partial charge on any atom is 0.0627 e. The molecule has 1 saturated heterocycles. The highest BCUT2D eigenvalue weighted by Gasteiger charge is 2.23. The zero-order valence-corrected chi connectivity index (χ0v) is 9.89. The van der Waals surface area contributed by atoms with Crippen LogP contribution in [0.25, 0.3) is 0 Å². The molecule has 0 aliphatic carbocycles. The molecule has 0 radical (unpaired) electrons. The second-order valence-electron chi connectivity index (χ2n) is 3.74. The Balaban J connectivity index is 2.40. The van der Waals surface area contributed by atoms with Crippen LogP contribution in [0.3, 0.4) is 0 Å². The van der Waals surface area contributed by atoms with Crippen LogP contribution in [0.15, 0.2) is 5.16 Å². The quantitative estimate of drug-likeness (QED) is 0.576. The summed E-state index contributed by atoms with van der Waals surface area (Å²) in [6.07, 6.45) is 4.15. The van der Waals surface area contributed by atoms with Crippen molar-refractivity contribution in [2.75, 3.05) is 31.6 Å². The molecule has 1 atom stereocenters. The molecule has 0 saturated carbocycles. The fourth-order valence-electron chi connectivity index (χ4n) is 1.90. The van der Waals surface area contributed by atoms with Crippen molar-refractivity contribution in [3.8, 4) is 0 Å². The summed E-state index contributed by atoms with van der Waals surface area (Å²) in [6.45, 7) is 5.44. The third-order valence-electron chi connectivity index (χ3n) is 2.87. The largest absolute Gasteiger partial charge is 0.411 e. The topological polar surface area (TPSA) is 35.8 Å². The first-order valence-corrected chi connectivity index (χ1v) is 6.63. The molecule has 14 heavy (non-hydrogen) atoms. The molecular formula is C10H20N2OS. The molecule has 0 spiro atoms. The fourth-order valence-corrected chi connectivity index (χ4v) is 2.35. The summed E-state index contributed by atoms with van der Waals surface area (Å²) in [5.74, 6) is 1.66. The van der Waals surface area contributed by atoms with Gasteiger partial charge in [0.15, 0.2) is 0 Å². The lowest BCUT2D eigenvalue weighted by Crippen LogP contribution is -2.41. The van der Waals surface area contributed by atoms with Crippen molar-refractivity contribution in [1.29, 1.82) is 0 Å². The molecule has 0 bridgehead atoms. The van der Waals surface area contributed by atoms with Crippen LogP contribution < -0.4 is 0 Å². The van der Waals surface area contributed by atoms with Crippen molar-refractivity contribution in [2.45, 2.75) is 19.8 Å². The van der Waals surface area contributed by atoms with Gasteiger partial charge in [0, 0.05) is 37.7 Å². The van der Waals surface area contributed by atoms with E-state index in [0.29, 0.717) is 5.92 Å². The van der Waals surface area contributed by atoms with Crippen molar-refractivity contribution < 1.29 is 5.21 Å². The van der Waals surface area contributed by atoms with E-state index in [1.807, 2.05) is 11.8 Å². The van der Waals surface area contributed by atoms with Gasteiger partial charge in [-0.15, -0.1) is 0 Å². The van der Waals surface area contributed by atoms with E-state index < -0.39 is 0 Å². The average molecular weight is 216 g/mol. The highest BCUT2D eigenvalue weighted by molar-refractivity contribution is 7.98. The summed E-state index contributed by atoms with van der Waals surface area (Å²) in [7, 11) is 0. The van der Waals surface area contributed by atoms with Crippen LogP contribution in [0.2, 0.25) is 0 Å². The Morgan fingerprint density at radius 3 is 3.00 bits per heavy atom. The molecule has 3 nitrogen and oxygen atoms in total. The number of rotatable bonds is 4. The van der Waals surface area contributed by atoms with Crippen LogP contribution in [-0.4, -0.2) is 47.5 Å². The van der Waals surface area contributed by atoms with Gasteiger partial charge in [0.05, 0.1) is 5.71 Å². The van der Waals surface area contributed by atoms with Gasteiger partial charge in [-0.25, -0.2) is 0 Å². The summed E-state index contributed by atoms with van der Waals surface area (Å²) in [6, 6.07) is 0. The van der Waals surface area contributed by atoms with Gasteiger partial charge in [0.1, 0.15) is 0 Å². The van der Waals surface area contributed by atoms with Crippen LogP contribution in [0.5, 0.6) is 0 Å². The van der Waals surface area contributed by atoms with Gasteiger partial charge in [-0.2, -0.15) is 11.8 Å². The lowest BCUT2D eigenvalue weighted by atomic mass is 9.93. The van der Waals surface area contributed by atoms with E-state index in [9.17, 15) is 0 Å². The number of likely N-dealkylation sites (tertiary alicyclic amines) is 1. The molecular weight excluding hydrogens is 196 g/mol. The highest BCUT2D eigenvalue weighted by atomic mass is 32.2. The number of hydrogen-bond acceptors (Lipinski definition) is 4. The third-order valence-corrected chi connectivity index (χ3v) is 3.46. The van der Waals surface area contributed by atoms with Crippen molar-refractivity contribution in [3.63, 3.8) is 0 Å². The molecule has 1 heterocycles. The Kier molecular flexibility index (Phi) is 5.33. The van der Waals surface area contributed by atoms with Crippen LogP contribution in [0.1, 0.15) is 19.8 Å². The lowest BCUT2D eigenvalue weighted by molar-refractivity contribution is 0.239. The Morgan fingerprint density at radius 2 is 2.43 bits per heavy atom. The van der Waals surface area contributed by atoms with Crippen LogP contribution in [0, 0.1) is 5.92 Å². The summed E-state index contributed by atoms with van der Waals surface area (Å²) < 4.78 is 0. The summed E-state index contributed by atoms with van der Waals surface area (Å²) in [5.41, 5.74) is 0.993. The van der Waals surface area contributed by atoms with E-state index in [-0.39, 0.29) is 0 Å². The number of thioether (sulfide) groups is 1. The summed E-state index contributed by atoms with van der Waals surface area (Å²) in [4.78, 5) is 2.47. The number of hydrogen-bond donors (Lipinski definition) is 1. The zero-order chi connectivity index (χ0) is 10.4. The van der Waals surface area contributed by atoms with Gasteiger partial charge in [0.2, 0.25) is 0 Å². The summed E-state index contributed by atoms with van der Waals surface area (Å²) >= 11 is 1.89. The first-order chi connectivity index (χ1) is 6.81. The maximum atomic E-state index is 8.82. The molecule has 1 aliphatic heterocycles. The molecule has 0 aromatic rings. The molecule has 0 amide bonds. The SMILES string of the molecule is CCC1CN(CCSC)CCC1=NO. The van der Waals surface area contributed by atoms with Gasteiger partial charge in [-0.1, -0.05) is 12.1 Å². The predicted octanol–water partition coefficient (Wildman–Crippen LogP) is 1.91. The van der Waals surface area contributed by atoms with E-state index in [1.54, 1.807) is 0 Å². The van der Waals surface area contributed by atoms with E-state index in [0.717, 1.165) is 38.2 Å². The Hall–Kier alpha value is -0.220. The molecule has 0 aromatic heterocycles. The van der Waals surface area contributed by atoms with E-state index in [1.165, 1.54) is 5.75 Å². The predicted molar refractivity (Wildman–Crippen MR) is 62.4 cm³/mol. The molecule has 1 N–H and O–H groups in total. The Morgan fingerprint density at radius 1 is 1.64 bits per heavy atom. The van der Waals surface area contributed by atoms with Gasteiger partial charge in [-0.3, -0.25) is 0 Å². The van der Waals surface area contributed by atoms with Gasteiger partial charge < -0.3 is 10.1 Å². The van der Waals surface area contributed by atoms with Crippen molar-refractivity contribution in [3.05, 3.63) is 0 Å². The highest BCUT2D eigenvalue weighted by Crippen LogP contribution is 2.17. The zero-order valence-electron chi connectivity index (χ0n) is 9.07. The van der Waals surface area contributed by atoms with Crippen molar-refractivity contribution in [1.82, 2.24) is 4.90 Å². The molecule has 0 aromatic carbocycles. The van der Waals surface area contributed by atoms with Gasteiger partial charge >= 0.3 is 0 Å². The lowest BCUT2D eigenvalue weighted by Gasteiger charge is -2.32. The molecule has 82 valence electrons. The van der Waals surface area contributed by atoms with Crippen LogP contribution >= 0.6 is 11.8 Å². The smallest absolute Gasteiger partial charge is 0.0627 e. The fraction of sp³-hybridized carbons (Fsp3) is 0.900. The van der Waals surface area contributed by atoms with Crippen LogP contribution in [-0.2, 0) is 0 Å². The molecule has 1 aliphatic rings. The number of nitrogens with zero attached hydrogens (tertiary/aromatic N) is 2. The monoisotopic (exact) mass is 216 g/mol. The summed E-state index contributed by atoms with van der Waals surface area (Å²) in [5, 5.41) is 12.2. The molecule has 1 fully saturated rings. The Labute approximate surface area is 90.5 Å². The second kappa shape index (κ2) is 6.30. The van der Waals surface area contributed by atoms with E-state index in [2.05, 4.69) is 23.2 Å². The normalized spacial score (nSPS) is 27.0. The first-order valence-electron chi connectivity index (χ1n) is 5.24. The average Bonchev–Trinajstić information content (AvgIpc) is 2.25. The van der Waals surface area contributed by atoms with Crippen molar-refractivity contribution >= 4 is 17.5 Å². The van der Waals surface area contributed by atoms with E-state index >= 15 is 0 Å². The second-order valence-corrected chi connectivity index (χ2v) is 4.73. The first kappa shape index (κ1) is 11.9. The van der Waals surface area contributed by atoms with Gasteiger partial charge in [0.25, 0.3) is 0 Å². The standard InChI is InChI=1S/C10H20N2OS/c1-3-9-8-12(6-7-14-2)5-4-10(9)11-13/h9,13H,3-8H2,1-2H3. The van der Waals surface area contributed by atoms with Crippen molar-refractivity contribution in [2.24, 2.45) is 11.1 Å². The minimum Gasteiger partial charge on any atom is -0.411 e. The minimum atomic E-state index is 0.468. The molecule has 1 rings (SSSR count). The Bertz CT molecular complexity index is 197. The minimum absolute atomic E-state index is 0.468. The third kappa shape index (κ3) is 3.17. The molecule has 1 unspecified atom stereocenters. The maximum absolute atomic E-state index is 8.82. The van der Waals surface area contributed by atoms with Crippen LogP contribution in [0.4, 0.5) is 0 Å². The van der Waals surface area contributed by atoms with Gasteiger partial charge in [-0.05, 0) is 12.7 Å². The number of oxime groups is 1. The van der Waals surface area contributed by atoms with E-state index in [4.69, 9.17) is 5.21 Å².